The van der Waals surface area contributed by atoms with Gasteiger partial charge in [-0.25, -0.2) is 0 Å². The standard InChI is InChI=1S/C20H24O2/c1-5-6-7-14-11-17(21)19-15-10-13(2)8-9-16(15)20(3,4)22-18(19)12-14/h1,8,11-12,15-16,21H,6-7,9-10H2,2-4H3/t15-,16-/m1/s1. The zero-order chi connectivity index (χ0) is 15.9. The van der Waals surface area contributed by atoms with Gasteiger partial charge >= 0.3 is 0 Å². The van der Waals surface area contributed by atoms with Gasteiger partial charge in [0.2, 0.25) is 0 Å². The van der Waals surface area contributed by atoms with Crippen molar-refractivity contribution in [1.82, 2.24) is 0 Å². The summed E-state index contributed by atoms with van der Waals surface area (Å²) in [5.74, 6) is 4.61. The van der Waals surface area contributed by atoms with Crippen LogP contribution in [0.25, 0.3) is 0 Å². The summed E-state index contributed by atoms with van der Waals surface area (Å²) < 4.78 is 6.28. The average molecular weight is 296 g/mol. The van der Waals surface area contributed by atoms with E-state index in [9.17, 15) is 5.11 Å². The van der Waals surface area contributed by atoms with E-state index in [1.54, 1.807) is 0 Å². The van der Waals surface area contributed by atoms with Gasteiger partial charge in [-0.1, -0.05) is 11.6 Å². The molecule has 0 amide bonds. The van der Waals surface area contributed by atoms with Crippen molar-refractivity contribution in [3.8, 4) is 23.8 Å². The number of ether oxygens (including phenoxy) is 1. The van der Waals surface area contributed by atoms with Crippen LogP contribution in [0.2, 0.25) is 0 Å². The summed E-state index contributed by atoms with van der Waals surface area (Å²) >= 11 is 0. The molecular formula is C20H24O2. The van der Waals surface area contributed by atoms with Gasteiger partial charge in [-0.05, 0) is 57.7 Å². The molecule has 2 heteroatoms. The van der Waals surface area contributed by atoms with E-state index >= 15 is 0 Å². The van der Waals surface area contributed by atoms with Gasteiger partial charge < -0.3 is 9.84 Å². The second-order valence-electron chi connectivity index (χ2n) is 7.14. The van der Waals surface area contributed by atoms with Gasteiger partial charge in [0.1, 0.15) is 17.1 Å². The summed E-state index contributed by atoms with van der Waals surface area (Å²) in [4.78, 5) is 0. The van der Waals surface area contributed by atoms with Gasteiger partial charge in [-0.2, -0.15) is 0 Å². The Hall–Kier alpha value is -1.88. The minimum absolute atomic E-state index is 0.216. The first-order valence-corrected chi connectivity index (χ1v) is 8.06. The Bertz CT molecular complexity index is 661. The normalized spacial score (nSPS) is 25.3. The molecule has 1 aromatic carbocycles. The average Bonchev–Trinajstić information content (AvgIpc) is 2.43. The van der Waals surface area contributed by atoms with Crippen molar-refractivity contribution in [2.45, 2.75) is 58.0 Å². The van der Waals surface area contributed by atoms with Crippen molar-refractivity contribution >= 4 is 0 Å². The fourth-order valence-electron chi connectivity index (χ4n) is 3.98. The van der Waals surface area contributed by atoms with Crippen molar-refractivity contribution in [1.29, 1.82) is 0 Å². The van der Waals surface area contributed by atoms with Crippen LogP contribution in [-0.4, -0.2) is 10.7 Å². The zero-order valence-electron chi connectivity index (χ0n) is 13.6. The number of benzene rings is 1. The Morgan fingerprint density at radius 3 is 2.91 bits per heavy atom. The molecule has 22 heavy (non-hydrogen) atoms. The van der Waals surface area contributed by atoms with E-state index in [-0.39, 0.29) is 5.60 Å². The summed E-state index contributed by atoms with van der Waals surface area (Å²) in [6, 6.07) is 3.93. The maximum atomic E-state index is 10.6. The highest BCUT2D eigenvalue weighted by molar-refractivity contribution is 5.52. The van der Waals surface area contributed by atoms with Crippen LogP contribution in [0, 0.1) is 18.3 Å². The number of fused-ring (bicyclic) bond motifs is 3. The SMILES string of the molecule is C#CCCc1cc(O)c2c(c1)OC(C)(C)[C@@H]1CC=C(C)C[C@@H]21. The molecule has 0 aromatic heterocycles. The van der Waals surface area contributed by atoms with Crippen molar-refractivity contribution in [3.05, 3.63) is 34.9 Å². The quantitative estimate of drug-likeness (QED) is 0.640. The first kappa shape index (κ1) is 15.0. The van der Waals surface area contributed by atoms with Crippen molar-refractivity contribution in [3.63, 3.8) is 0 Å². The molecule has 1 aliphatic carbocycles. The number of terminal acetylenes is 1. The van der Waals surface area contributed by atoms with Crippen molar-refractivity contribution in [2.24, 2.45) is 5.92 Å². The van der Waals surface area contributed by atoms with E-state index in [0.29, 0.717) is 24.0 Å². The molecule has 0 bridgehead atoms. The van der Waals surface area contributed by atoms with Crippen LogP contribution in [0.4, 0.5) is 0 Å². The lowest BCUT2D eigenvalue weighted by Gasteiger charge is -2.47. The molecule has 0 radical (unpaired) electrons. The van der Waals surface area contributed by atoms with Crippen LogP contribution in [0.3, 0.4) is 0 Å². The molecule has 1 aromatic rings. The molecule has 1 N–H and O–H groups in total. The number of rotatable bonds is 2. The molecule has 0 saturated heterocycles. The largest absolute Gasteiger partial charge is 0.508 e. The van der Waals surface area contributed by atoms with Crippen LogP contribution >= 0.6 is 0 Å². The second kappa shape index (κ2) is 5.39. The predicted octanol–water partition coefficient (Wildman–Crippen LogP) is 4.57. The van der Waals surface area contributed by atoms with Crippen LogP contribution < -0.4 is 4.74 Å². The molecule has 0 unspecified atom stereocenters. The van der Waals surface area contributed by atoms with E-state index < -0.39 is 0 Å². The number of aromatic hydroxyl groups is 1. The summed E-state index contributed by atoms with van der Waals surface area (Å²) in [6.07, 6.45) is 11.1. The Labute approximate surface area is 133 Å². The van der Waals surface area contributed by atoms with Crippen LogP contribution in [0.1, 0.15) is 57.1 Å². The Morgan fingerprint density at radius 2 is 2.18 bits per heavy atom. The van der Waals surface area contributed by atoms with E-state index in [0.717, 1.165) is 36.1 Å². The lowest BCUT2D eigenvalue weighted by Crippen LogP contribution is -2.45. The summed E-state index contributed by atoms with van der Waals surface area (Å²) in [6.45, 7) is 6.50. The van der Waals surface area contributed by atoms with Gasteiger partial charge in [0.25, 0.3) is 0 Å². The molecule has 2 nitrogen and oxygen atoms in total. The molecule has 0 saturated carbocycles. The molecule has 2 aliphatic rings. The van der Waals surface area contributed by atoms with Crippen LogP contribution in [-0.2, 0) is 6.42 Å². The third-order valence-corrected chi connectivity index (χ3v) is 5.12. The van der Waals surface area contributed by atoms with Crippen molar-refractivity contribution in [2.75, 3.05) is 0 Å². The highest BCUT2D eigenvalue weighted by atomic mass is 16.5. The lowest BCUT2D eigenvalue weighted by molar-refractivity contribution is 0.00753. The molecule has 116 valence electrons. The molecule has 0 fully saturated rings. The minimum Gasteiger partial charge on any atom is -0.508 e. The minimum atomic E-state index is -0.216. The van der Waals surface area contributed by atoms with Gasteiger partial charge in [0.05, 0.1) is 0 Å². The zero-order valence-corrected chi connectivity index (χ0v) is 13.6. The monoisotopic (exact) mass is 296 g/mol. The highest BCUT2D eigenvalue weighted by Crippen LogP contribution is 2.54. The maximum Gasteiger partial charge on any atom is 0.127 e. The van der Waals surface area contributed by atoms with E-state index in [2.05, 4.69) is 38.8 Å². The number of hydrogen-bond donors (Lipinski definition) is 1. The van der Waals surface area contributed by atoms with Crippen molar-refractivity contribution < 1.29 is 9.84 Å². The van der Waals surface area contributed by atoms with E-state index in [1.165, 1.54) is 5.57 Å². The highest BCUT2D eigenvalue weighted by Gasteiger charge is 2.45. The van der Waals surface area contributed by atoms with Gasteiger partial charge in [-0.3, -0.25) is 0 Å². The first-order chi connectivity index (χ1) is 10.4. The fraction of sp³-hybridized carbons (Fsp3) is 0.500. The predicted molar refractivity (Wildman–Crippen MR) is 89.2 cm³/mol. The fourth-order valence-corrected chi connectivity index (χ4v) is 3.98. The van der Waals surface area contributed by atoms with Gasteiger partial charge in [0, 0.05) is 23.8 Å². The van der Waals surface area contributed by atoms with Crippen LogP contribution in [0.15, 0.2) is 23.8 Å². The summed E-state index contributed by atoms with van der Waals surface area (Å²) in [5, 5.41) is 10.6. The first-order valence-electron chi connectivity index (χ1n) is 8.06. The Kier molecular flexibility index (Phi) is 3.68. The molecule has 1 heterocycles. The molecule has 3 rings (SSSR count). The molecule has 1 aliphatic heterocycles. The third-order valence-electron chi connectivity index (χ3n) is 5.12. The van der Waals surface area contributed by atoms with Crippen LogP contribution in [0.5, 0.6) is 11.5 Å². The second-order valence-corrected chi connectivity index (χ2v) is 7.14. The number of aryl methyl sites for hydroxylation is 1. The Morgan fingerprint density at radius 1 is 1.41 bits per heavy atom. The smallest absolute Gasteiger partial charge is 0.127 e. The van der Waals surface area contributed by atoms with E-state index in [1.807, 2.05) is 6.07 Å². The topological polar surface area (TPSA) is 29.5 Å². The molecule has 0 spiro atoms. The Balaban J connectivity index is 2.06. The van der Waals surface area contributed by atoms with E-state index in [4.69, 9.17) is 11.2 Å². The summed E-state index contributed by atoms with van der Waals surface area (Å²) in [7, 11) is 0. The van der Waals surface area contributed by atoms with Gasteiger partial charge in [0.15, 0.2) is 0 Å². The lowest BCUT2D eigenvalue weighted by atomic mass is 9.67. The number of hydrogen-bond acceptors (Lipinski definition) is 2. The number of phenolic OH excluding ortho intramolecular Hbond substituents is 1. The van der Waals surface area contributed by atoms with Gasteiger partial charge in [-0.15, -0.1) is 12.3 Å². The number of phenols is 1. The maximum absolute atomic E-state index is 10.6. The molecule has 2 atom stereocenters. The molecular weight excluding hydrogens is 272 g/mol. The summed E-state index contributed by atoms with van der Waals surface area (Å²) in [5.41, 5.74) is 3.22. The third kappa shape index (κ3) is 2.50. The number of allylic oxidation sites excluding steroid dienone is 2.